The van der Waals surface area contributed by atoms with Crippen LogP contribution in [0, 0.1) is 0 Å². The van der Waals surface area contributed by atoms with Gasteiger partial charge in [-0.3, -0.25) is 9.69 Å². The molecule has 0 saturated heterocycles. The van der Waals surface area contributed by atoms with Gasteiger partial charge in [-0.15, -0.1) is 0 Å². The van der Waals surface area contributed by atoms with E-state index < -0.39 is 6.23 Å². The Morgan fingerprint density at radius 3 is 2.63 bits per heavy atom. The molecule has 1 heterocycles. The van der Waals surface area contributed by atoms with Crippen LogP contribution in [0.25, 0.3) is 0 Å². The second-order valence-electron chi connectivity index (χ2n) is 4.46. The fourth-order valence-corrected chi connectivity index (χ4v) is 2.36. The summed E-state index contributed by atoms with van der Waals surface area (Å²) in [5.74, 6) is -0.224. The van der Waals surface area contributed by atoms with Crippen molar-refractivity contribution < 1.29 is 15.0 Å². The molecule has 1 atom stereocenters. The molecule has 2 aromatic carbocycles. The molecular formula is C15H13NO3. The molecule has 0 aliphatic carbocycles. The monoisotopic (exact) mass is 255 g/mol. The average molecular weight is 255 g/mol. The minimum absolute atomic E-state index is 0.0983. The Kier molecular flexibility index (Phi) is 2.81. The van der Waals surface area contributed by atoms with E-state index in [1.54, 1.807) is 48.5 Å². The second kappa shape index (κ2) is 4.50. The van der Waals surface area contributed by atoms with Crippen LogP contribution in [0.1, 0.15) is 27.7 Å². The molecule has 0 spiro atoms. The number of benzene rings is 2. The van der Waals surface area contributed by atoms with Crippen LogP contribution in [0.15, 0.2) is 48.5 Å². The normalized spacial score (nSPS) is 17.7. The van der Waals surface area contributed by atoms with E-state index >= 15 is 0 Å². The van der Waals surface area contributed by atoms with Gasteiger partial charge in [0.25, 0.3) is 5.91 Å². The van der Waals surface area contributed by atoms with E-state index in [9.17, 15) is 9.90 Å². The number of rotatable bonds is 2. The summed E-state index contributed by atoms with van der Waals surface area (Å²) in [6.45, 7) is -0.0983. The van der Waals surface area contributed by atoms with Crippen molar-refractivity contribution in [2.24, 2.45) is 0 Å². The third-order valence-corrected chi connectivity index (χ3v) is 3.30. The molecule has 0 saturated carbocycles. The van der Waals surface area contributed by atoms with Gasteiger partial charge in [-0.05, 0) is 23.8 Å². The summed E-state index contributed by atoms with van der Waals surface area (Å²) in [6.07, 6.45) is -0.974. The van der Waals surface area contributed by atoms with E-state index in [1.807, 2.05) is 0 Å². The lowest BCUT2D eigenvalue weighted by atomic mass is 10.1. The quantitative estimate of drug-likeness (QED) is 0.860. The van der Waals surface area contributed by atoms with Crippen molar-refractivity contribution in [2.75, 3.05) is 4.90 Å². The first-order valence-corrected chi connectivity index (χ1v) is 6.02. The molecule has 0 fully saturated rings. The van der Waals surface area contributed by atoms with Crippen molar-refractivity contribution >= 4 is 11.6 Å². The Morgan fingerprint density at radius 1 is 1.11 bits per heavy atom. The summed E-state index contributed by atoms with van der Waals surface area (Å²) >= 11 is 0. The van der Waals surface area contributed by atoms with Crippen LogP contribution in [0.2, 0.25) is 0 Å². The largest absolute Gasteiger partial charge is 0.392 e. The number of carbonyl (C=O) groups is 1. The summed E-state index contributed by atoms with van der Waals surface area (Å²) in [5, 5.41) is 19.4. The maximum Gasteiger partial charge on any atom is 0.261 e. The van der Waals surface area contributed by atoms with Gasteiger partial charge in [-0.1, -0.05) is 30.3 Å². The lowest BCUT2D eigenvalue weighted by Gasteiger charge is -2.21. The zero-order chi connectivity index (χ0) is 13.4. The molecule has 0 radical (unpaired) electrons. The van der Waals surface area contributed by atoms with Crippen LogP contribution >= 0.6 is 0 Å². The highest BCUT2D eigenvalue weighted by atomic mass is 16.3. The SMILES string of the molecule is O=C1c2ccccc2C(O)N1c1cccc(CO)c1. The van der Waals surface area contributed by atoms with E-state index in [0.29, 0.717) is 22.4 Å². The van der Waals surface area contributed by atoms with Crippen LogP contribution in [-0.2, 0) is 6.61 Å². The number of hydrogen-bond donors (Lipinski definition) is 2. The first-order valence-electron chi connectivity index (χ1n) is 6.02. The van der Waals surface area contributed by atoms with E-state index in [0.717, 1.165) is 0 Å². The predicted molar refractivity (Wildman–Crippen MR) is 70.6 cm³/mol. The van der Waals surface area contributed by atoms with Crippen LogP contribution in [0.4, 0.5) is 5.69 Å². The summed E-state index contributed by atoms with van der Waals surface area (Å²) in [6, 6.07) is 14.0. The molecule has 4 nitrogen and oxygen atoms in total. The first-order chi connectivity index (χ1) is 9.22. The number of fused-ring (bicyclic) bond motifs is 1. The van der Waals surface area contributed by atoms with Crippen molar-refractivity contribution in [1.29, 1.82) is 0 Å². The minimum Gasteiger partial charge on any atom is -0.392 e. The number of amides is 1. The number of carbonyl (C=O) groups excluding carboxylic acids is 1. The molecule has 1 aliphatic heterocycles. The lowest BCUT2D eigenvalue weighted by molar-refractivity contribution is 0.0935. The Bertz CT molecular complexity index is 639. The number of aliphatic hydroxyl groups is 2. The molecule has 1 unspecified atom stereocenters. The van der Waals surface area contributed by atoms with Gasteiger partial charge in [-0.25, -0.2) is 0 Å². The fourth-order valence-electron chi connectivity index (χ4n) is 2.36. The topological polar surface area (TPSA) is 60.8 Å². The van der Waals surface area contributed by atoms with Gasteiger partial charge in [0.05, 0.1) is 6.61 Å². The highest BCUT2D eigenvalue weighted by molar-refractivity contribution is 6.10. The van der Waals surface area contributed by atoms with Crippen LogP contribution < -0.4 is 4.90 Å². The van der Waals surface area contributed by atoms with Gasteiger partial charge < -0.3 is 10.2 Å². The van der Waals surface area contributed by atoms with Gasteiger partial charge in [-0.2, -0.15) is 0 Å². The molecule has 1 aliphatic rings. The standard InChI is InChI=1S/C15H13NO3/c17-9-10-4-3-5-11(8-10)16-14(18)12-6-1-2-7-13(12)15(16)19/h1-8,14,17-18H,9H2. The third-order valence-electron chi connectivity index (χ3n) is 3.30. The average Bonchev–Trinajstić information content (AvgIpc) is 2.72. The maximum absolute atomic E-state index is 12.3. The molecule has 4 heteroatoms. The van der Waals surface area contributed by atoms with Crippen LogP contribution in [0.5, 0.6) is 0 Å². The molecule has 0 aromatic heterocycles. The second-order valence-corrected chi connectivity index (χ2v) is 4.46. The molecule has 3 rings (SSSR count). The van der Waals surface area contributed by atoms with Crippen molar-refractivity contribution in [1.82, 2.24) is 0 Å². The Hall–Kier alpha value is -2.17. The molecule has 2 aromatic rings. The zero-order valence-electron chi connectivity index (χ0n) is 10.2. The van der Waals surface area contributed by atoms with Gasteiger partial charge in [0, 0.05) is 16.8 Å². The van der Waals surface area contributed by atoms with Gasteiger partial charge >= 0.3 is 0 Å². The molecular weight excluding hydrogens is 242 g/mol. The van der Waals surface area contributed by atoms with Crippen LogP contribution in [0.3, 0.4) is 0 Å². The smallest absolute Gasteiger partial charge is 0.261 e. The van der Waals surface area contributed by atoms with Gasteiger partial charge in [0.2, 0.25) is 0 Å². The number of hydrogen-bond acceptors (Lipinski definition) is 3. The van der Waals surface area contributed by atoms with E-state index in [-0.39, 0.29) is 12.5 Å². The number of anilines is 1. The van der Waals surface area contributed by atoms with Gasteiger partial charge in [0.15, 0.2) is 6.23 Å². The third kappa shape index (κ3) is 1.82. The van der Waals surface area contributed by atoms with Crippen LogP contribution in [-0.4, -0.2) is 16.1 Å². The molecule has 0 bridgehead atoms. The lowest BCUT2D eigenvalue weighted by Crippen LogP contribution is -2.27. The van der Waals surface area contributed by atoms with Crippen molar-refractivity contribution in [2.45, 2.75) is 12.8 Å². The van der Waals surface area contributed by atoms with E-state index in [1.165, 1.54) is 4.90 Å². The Balaban J connectivity index is 2.06. The van der Waals surface area contributed by atoms with Crippen molar-refractivity contribution in [3.05, 3.63) is 65.2 Å². The van der Waals surface area contributed by atoms with Crippen molar-refractivity contribution in [3.8, 4) is 0 Å². The zero-order valence-corrected chi connectivity index (χ0v) is 10.2. The number of aliphatic hydroxyl groups excluding tert-OH is 2. The highest BCUT2D eigenvalue weighted by Crippen LogP contribution is 2.35. The first kappa shape index (κ1) is 11.9. The summed E-state index contributed by atoms with van der Waals surface area (Å²) in [5.41, 5.74) is 2.42. The highest BCUT2D eigenvalue weighted by Gasteiger charge is 2.36. The van der Waals surface area contributed by atoms with Crippen molar-refractivity contribution in [3.63, 3.8) is 0 Å². The molecule has 1 amide bonds. The fraction of sp³-hybridized carbons (Fsp3) is 0.133. The Labute approximate surface area is 110 Å². The summed E-state index contributed by atoms with van der Waals surface area (Å²) in [7, 11) is 0. The summed E-state index contributed by atoms with van der Waals surface area (Å²) in [4.78, 5) is 13.6. The van der Waals surface area contributed by atoms with E-state index in [2.05, 4.69) is 0 Å². The predicted octanol–water partition coefficient (Wildman–Crippen LogP) is 1.83. The summed E-state index contributed by atoms with van der Waals surface area (Å²) < 4.78 is 0. The Morgan fingerprint density at radius 2 is 1.89 bits per heavy atom. The molecule has 96 valence electrons. The van der Waals surface area contributed by atoms with Gasteiger partial charge in [0.1, 0.15) is 0 Å². The number of nitrogens with zero attached hydrogens (tertiary/aromatic N) is 1. The molecule has 2 N–H and O–H groups in total. The minimum atomic E-state index is -0.974. The maximum atomic E-state index is 12.3. The molecule has 19 heavy (non-hydrogen) atoms. The van der Waals surface area contributed by atoms with E-state index in [4.69, 9.17) is 5.11 Å².